The van der Waals surface area contributed by atoms with Gasteiger partial charge in [0.05, 0.1) is 13.2 Å². The number of likely N-dealkylation sites (tertiary alicyclic amines) is 1. The van der Waals surface area contributed by atoms with Gasteiger partial charge in [0.2, 0.25) is 0 Å². The van der Waals surface area contributed by atoms with Crippen LogP contribution < -0.4 is 5.32 Å². The predicted octanol–water partition coefficient (Wildman–Crippen LogP) is 0.883. The van der Waals surface area contributed by atoms with Crippen molar-refractivity contribution in [1.29, 1.82) is 0 Å². The first-order valence-corrected chi connectivity index (χ1v) is 7.07. The number of rotatable bonds is 6. The number of carbonyl (C=O) groups is 1. The Kier molecular flexibility index (Phi) is 6.75. The molecule has 5 heteroatoms. The van der Waals surface area contributed by atoms with E-state index in [1.807, 2.05) is 13.8 Å². The standard InChI is InChI=1S/C14H28N2O3/c1-10(2)15-12(14(17)19-5)8-16-7-6-11(3)13(9-16)18-4/h10-13,15H,6-9H2,1-5H3. The second-order valence-corrected chi connectivity index (χ2v) is 5.70. The maximum atomic E-state index is 11.8. The minimum Gasteiger partial charge on any atom is -0.468 e. The molecular formula is C14H28N2O3. The fourth-order valence-corrected chi connectivity index (χ4v) is 2.57. The van der Waals surface area contributed by atoms with E-state index in [1.165, 1.54) is 7.11 Å². The molecule has 0 radical (unpaired) electrons. The van der Waals surface area contributed by atoms with Crippen LogP contribution in [0.1, 0.15) is 27.2 Å². The van der Waals surface area contributed by atoms with Crippen LogP contribution in [0, 0.1) is 5.92 Å². The van der Waals surface area contributed by atoms with Gasteiger partial charge in [-0.15, -0.1) is 0 Å². The average molecular weight is 272 g/mol. The maximum Gasteiger partial charge on any atom is 0.324 e. The van der Waals surface area contributed by atoms with E-state index in [0.29, 0.717) is 12.5 Å². The van der Waals surface area contributed by atoms with Crippen molar-refractivity contribution in [3.63, 3.8) is 0 Å². The van der Waals surface area contributed by atoms with Crippen molar-refractivity contribution in [2.24, 2.45) is 5.92 Å². The third-order valence-corrected chi connectivity index (χ3v) is 3.74. The van der Waals surface area contributed by atoms with Crippen molar-refractivity contribution < 1.29 is 14.3 Å². The molecule has 0 saturated carbocycles. The molecule has 0 spiro atoms. The zero-order chi connectivity index (χ0) is 14.4. The number of ether oxygens (including phenoxy) is 2. The Morgan fingerprint density at radius 2 is 2.11 bits per heavy atom. The van der Waals surface area contributed by atoms with Crippen LogP contribution in [0.15, 0.2) is 0 Å². The maximum absolute atomic E-state index is 11.8. The highest BCUT2D eigenvalue weighted by molar-refractivity contribution is 5.76. The van der Waals surface area contributed by atoms with Gasteiger partial charge in [0.1, 0.15) is 6.04 Å². The molecule has 0 amide bonds. The molecule has 0 aromatic rings. The normalized spacial score (nSPS) is 26.4. The minimum atomic E-state index is -0.268. The smallest absolute Gasteiger partial charge is 0.324 e. The summed E-state index contributed by atoms with van der Waals surface area (Å²) < 4.78 is 10.4. The molecule has 1 aliphatic heterocycles. The molecule has 3 unspecified atom stereocenters. The zero-order valence-corrected chi connectivity index (χ0v) is 12.8. The number of methoxy groups -OCH3 is 2. The van der Waals surface area contributed by atoms with Crippen LogP contribution in [0.4, 0.5) is 0 Å². The van der Waals surface area contributed by atoms with Crippen LogP contribution in [0.2, 0.25) is 0 Å². The molecule has 1 N–H and O–H groups in total. The lowest BCUT2D eigenvalue weighted by Crippen LogP contribution is -2.53. The highest BCUT2D eigenvalue weighted by atomic mass is 16.5. The quantitative estimate of drug-likeness (QED) is 0.728. The first-order chi connectivity index (χ1) is 8.97. The van der Waals surface area contributed by atoms with Gasteiger partial charge in [0, 0.05) is 26.2 Å². The Morgan fingerprint density at radius 3 is 2.63 bits per heavy atom. The summed E-state index contributed by atoms with van der Waals surface area (Å²) in [5.41, 5.74) is 0. The summed E-state index contributed by atoms with van der Waals surface area (Å²) in [6.45, 7) is 8.85. The number of hydrogen-bond acceptors (Lipinski definition) is 5. The van der Waals surface area contributed by atoms with E-state index in [4.69, 9.17) is 9.47 Å². The third kappa shape index (κ3) is 5.09. The number of carbonyl (C=O) groups excluding carboxylic acids is 1. The van der Waals surface area contributed by atoms with Crippen LogP contribution in [0.5, 0.6) is 0 Å². The molecule has 0 aromatic heterocycles. The molecule has 1 aliphatic rings. The van der Waals surface area contributed by atoms with Gasteiger partial charge in [-0.05, 0) is 18.9 Å². The van der Waals surface area contributed by atoms with E-state index in [9.17, 15) is 4.79 Å². The summed E-state index contributed by atoms with van der Waals surface area (Å²) in [6.07, 6.45) is 1.36. The topological polar surface area (TPSA) is 50.8 Å². The second-order valence-electron chi connectivity index (χ2n) is 5.70. The minimum absolute atomic E-state index is 0.193. The number of esters is 1. The molecule has 3 atom stereocenters. The first kappa shape index (κ1) is 16.4. The number of hydrogen-bond donors (Lipinski definition) is 1. The molecule has 1 rings (SSSR count). The molecule has 19 heavy (non-hydrogen) atoms. The van der Waals surface area contributed by atoms with Gasteiger partial charge in [0.15, 0.2) is 0 Å². The van der Waals surface area contributed by atoms with E-state index in [-0.39, 0.29) is 24.2 Å². The lowest BCUT2D eigenvalue weighted by molar-refractivity contribution is -0.144. The van der Waals surface area contributed by atoms with E-state index in [1.54, 1.807) is 7.11 Å². The summed E-state index contributed by atoms with van der Waals surface area (Å²) in [5, 5.41) is 3.26. The summed E-state index contributed by atoms with van der Waals surface area (Å²) in [6, 6.07) is -0.0121. The van der Waals surface area contributed by atoms with Crippen molar-refractivity contribution in [2.45, 2.75) is 45.4 Å². The van der Waals surface area contributed by atoms with Gasteiger partial charge in [-0.3, -0.25) is 9.69 Å². The number of nitrogens with zero attached hydrogens (tertiary/aromatic N) is 1. The zero-order valence-electron chi connectivity index (χ0n) is 12.8. The van der Waals surface area contributed by atoms with Crippen LogP contribution in [0.25, 0.3) is 0 Å². The van der Waals surface area contributed by atoms with E-state index < -0.39 is 0 Å². The summed E-state index contributed by atoms with van der Waals surface area (Å²) >= 11 is 0. The largest absolute Gasteiger partial charge is 0.468 e. The molecule has 5 nitrogen and oxygen atoms in total. The highest BCUT2D eigenvalue weighted by Crippen LogP contribution is 2.19. The van der Waals surface area contributed by atoms with E-state index in [2.05, 4.69) is 17.1 Å². The fraction of sp³-hybridized carbons (Fsp3) is 0.929. The molecule has 0 bridgehead atoms. The Hall–Kier alpha value is -0.650. The van der Waals surface area contributed by atoms with Gasteiger partial charge >= 0.3 is 5.97 Å². The monoisotopic (exact) mass is 272 g/mol. The van der Waals surface area contributed by atoms with Crippen molar-refractivity contribution >= 4 is 5.97 Å². The van der Waals surface area contributed by atoms with Crippen molar-refractivity contribution in [3.8, 4) is 0 Å². The van der Waals surface area contributed by atoms with Crippen LogP contribution in [-0.2, 0) is 14.3 Å². The Bertz CT molecular complexity index is 284. The number of nitrogens with one attached hydrogen (secondary N) is 1. The Balaban J connectivity index is 2.56. The number of piperidine rings is 1. The molecular weight excluding hydrogens is 244 g/mol. The van der Waals surface area contributed by atoms with Gasteiger partial charge in [-0.1, -0.05) is 20.8 Å². The van der Waals surface area contributed by atoms with E-state index >= 15 is 0 Å². The van der Waals surface area contributed by atoms with Gasteiger partial charge in [-0.2, -0.15) is 0 Å². The van der Waals surface area contributed by atoms with Gasteiger partial charge in [0.25, 0.3) is 0 Å². The van der Waals surface area contributed by atoms with Gasteiger partial charge in [-0.25, -0.2) is 0 Å². The molecule has 112 valence electrons. The van der Waals surface area contributed by atoms with Crippen molar-refractivity contribution in [1.82, 2.24) is 10.2 Å². The van der Waals surface area contributed by atoms with Gasteiger partial charge < -0.3 is 14.8 Å². The molecule has 0 aliphatic carbocycles. The summed E-state index contributed by atoms with van der Waals surface area (Å²) in [5.74, 6) is 0.386. The lowest BCUT2D eigenvalue weighted by Gasteiger charge is -2.37. The first-order valence-electron chi connectivity index (χ1n) is 7.07. The average Bonchev–Trinajstić information content (AvgIpc) is 2.38. The van der Waals surface area contributed by atoms with Crippen LogP contribution >= 0.6 is 0 Å². The van der Waals surface area contributed by atoms with Crippen LogP contribution in [0.3, 0.4) is 0 Å². The molecule has 1 fully saturated rings. The van der Waals surface area contributed by atoms with Crippen molar-refractivity contribution in [3.05, 3.63) is 0 Å². The predicted molar refractivity (Wildman–Crippen MR) is 75.1 cm³/mol. The Morgan fingerprint density at radius 1 is 1.42 bits per heavy atom. The molecule has 1 heterocycles. The molecule has 0 aromatic carbocycles. The SMILES string of the molecule is COC(=O)C(CN1CCC(C)C(OC)C1)NC(C)C. The fourth-order valence-electron chi connectivity index (χ4n) is 2.57. The van der Waals surface area contributed by atoms with Crippen LogP contribution in [-0.4, -0.2) is 62.9 Å². The van der Waals surface area contributed by atoms with Crippen molar-refractivity contribution in [2.75, 3.05) is 33.9 Å². The van der Waals surface area contributed by atoms with E-state index in [0.717, 1.165) is 19.5 Å². The summed E-state index contributed by atoms with van der Waals surface area (Å²) in [4.78, 5) is 14.1. The molecule has 1 saturated heterocycles. The highest BCUT2D eigenvalue weighted by Gasteiger charge is 2.29. The lowest BCUT2D eigenvalue weighted by atomic mass is 9.95. The third-order valence-electron chi connectivity index (χ3n) is 3.74. The second kappa shape index (κ2) is 7.82. The Labute approximate surface area is 116 Å². The summed E-state index contributed by atoms with van der Waals surface area (Å²) in [7, 11) is 3.20.